The molecular formula is C24H26N2O3S. The molecule has 0 heterocycles. The van der Waals surface area contributed by atoms with Crippen LogP contribution < -0.4 is 9.62 Å². The second-order valence-electron chi connectivity index (χ2n) is 7.33. The van der Waals surface area contributed by atoms with E-state index in [0.717, 1.165) is 16.7 Å². The predicted octanol–water partition coefficient (Wildman–Crippen LogP) is 4.24. The normalized spacial score (nSPS) is 12.2. The highest BCUT2D eigenvalue weighted by atomic mass is 32.2. The third kappa shape index (κ3) is 5.07. The van der Waals surface area contributed by atoms with E-state index in [0.29, 0.717) is 5.69 Å². The molecule has 6 heteroatoms. The van der Waals surface area contributed by atoms with E-state index in [1.807, 2.05) is 44.2 Å². The SMILES string of the molecule is Cc1ccc(S(=O)(=O)N(C)c2ccc(CC(=O)NC(C)c3ccccc3)cc2)cc1. The average molecular weight is 423 g/mol. The number of amides is 1. The summed E-state index contributed by atoms with van der Waals surface area (Å²) < 4.78 is 26.9. The van der Waals surface area contributed by atoms with E-state index < -0.39 is 10.0 Å². The summed E-state index contributed by atoms with van der Waals surface area (Å²) in [6.45, 7) is 3.86. The largest absolute Gasteiger partial charge is 0.349 e. The van der Waals surface area contributed by atoms with Crippen molar-refractivity contribution in [3.05, 3.63) is 95.6 Å². The van der Waals surface area contributed by atoms with Gasteiger partial charge in [0.1, 0.15) is 0 Å². The first-order chi connectivity index (χ1) is 14.3. The molecule has 1 N–H and O–H groups in total. The molecular weight excluding hydrogens is 396 g/mol. The molecule has 1 atom stereocenters. The molecule has 3 aromatic rings. The summed E-state index contributed by atoms with van der Waals surface area (Å²) in [6.07, 6.45) is 0.228. The summed E-state index contributed by atoms with van der Waals surface area (Å²) in [6, 6.07) is 23.5. The quantitative estimate of drug-likeness (QED) is 0.619. The number of aryl methyl sites for hydroxylation is 1. The van der Waals surface area contributed by atoms with Gasteiger partial charge in [-0.05, 0) is 49.2 Å². The molecule has 0 aromatic heterocycles. The number of anilines is 1. The Labute approximate surface area is 178 Å². The van der Waals surface area contributed by atoms with Crippen molar-refractivity contribution in [2.75, 3.05) is 11.4 Å². The van der Waals surface area contributed by atoms with E-state index >= 15 is 0 Å². The zero-order valence-electron chi connectivity index (χ0n) is 17.4. The van der Waals surface area contributed by atoms with Gasteiger partial charge in [-0.25, -0.2) is 8.42 Å². The fourth-order valence-corrected chi connectivity index (χ4v) is 4.33. The summed E-state index contributed by atoms with van der Waals surface area (Å²) in [7, 11) is -2.11. The minimum atomic E-state index is -3.64. The smallest absolute Gasteiger partial charge is 0.264 e. The highest BCUT2D eigenvalue weighted by Crippen LogP contribution is 2.23. The van der Waals surface area contributed by atoms with Gasteiger partial charge in [0, 0.05) is 7.05 Å². The second-order valence-corrected chi connectivity index (χ2v) is 9.30. The van der Waals surface area contributed by atoms with Gasteiger partial charge < -0.3 is 5.32 Å². The number of rotatable bonds is 7. The van der Waals surface area contributed by atoms with Crippen LogP contribution in [0.25, 0.3) is 0 Å². The highest BCUT2D eigenvalue weighted by molar-refractivity contribution is 7.92. The molecule has 0 saturated carbocycles. The molecule has 0 bridgehead atoms. The van der Waals surface area contributed by atoms with Gasteiger partial charge in [0.15, 0.2) is 0 Å². The van der Waals surface area contributed by atoms with Crippen LogP contribution in [0.4, 0.5) is 5.69 Å². The number of nitrogens with zero attached hydrogens (tertiary/aromatic N) is 1. The number of carbonyl (C=O) groups is 1. The first kappa shape index (κ1) is 21.6. The zero-order chi connectivity index (χ0) is 21.7. The van der Waals surface area contributed by atoms with Crippen molar-refractivity contribution < 1.29 is 13.2 Å². The zero-order valence-corrected chi connectivity index (χ0v) is 18.2. The maximum absolute atomic E-state index is 12.8. The van der Waals surface area contributed by atoms with Gasteiger partial charge in [0.2, 0.25) is 5.91 Å². The van der Waals surface area contributed by atoms with Gasteiger partial charge in [-0.2, -0.15) is 0 Å². The van der Waals surface area contributed by atoms with Crippen LogP contribution in [0.15, 0.2) is 83.8 Å². The first-order valence-corrected chi connectivity index (χ1v) is 11.2. The summed E-state index contributed by atoms with van der Waals surface area (Å²) in [5, 5.41) is 2.99. The van der Waals surface area contributed by atoms with E-state index in [1.165, 1.54) is 11.4 Å². The van der Waals surface area contributed by atoms with Crippen molar-refractivity contribution in [3.8, 4) is 0 Å². The molecule has 30 heavy (non-hydrogen) atoms. The molecule has 0 radical (unpaired) electrons. The van der Waals surface area contributed by atoms with Crippen molar-refractivity contribution >= 4 is 21.6 Å². The van der Waals surface area contributed by atoms with E-state index in [-0.39, 0.29) is 23.3 Å². The molecule has 5 nitrogen and oxygen atoms in total. The minimum absolute atomic E-state index is 0.0799. The average Bonchev–Trinajstić information content (AvgIpc) is 2.74. The summed E-state index contributed by atoms with van der Waals surface area (Å²) >= 11 is 0. The van der Waals surface area contributed by atoms with Crippen molar-refractivity contribution in [2.45, 2.75) is 31.2 Å². The Bertz CT molecular complexity index is 1090. The number of benzene rings is 3. The number of nitrogens with one attached hydrogen (secondary N) is 1. The van der Waals surface area contributed by atoms with E-state index in [2.05, 4.69) is 5.32 Å². The van der Waals surface area contributed by atoms with Gasteiger partial charge >= 0.3 is 0 Å². The van der Waals surface area contributed by atoms with Gasteiger partial charge in [-0.3, -0.25) is 9.10 Å². The minimum Gasteiger partial charge on any atom is -0.349 e. The van der Waals surface area contributed by atoms with Crippen LogP contribution in [0.5, 0.6) is 0 Å². The Morgan fingerprint density at radius 3 is 2.13 bits per heavy atom. The summed E-state index contributed by atoms with van der Waals surface area (Å²) in [4.78, 5) is 12.6. The monoisotopic (exact) mass is 422 g/mol. The predicted molar refractivity (Wildman–Crippen MR) is 120 cm³/mol. The van der Waals surface area contributed by atoms with Crippen LogP contribution in [-0.2, 0) is 21.2 Å². The number of carbonyl (C=O) groups excluding carboxylic acids is 1. The van der Waals surface area contributed by atoms with Crippen LogP contribution in [0.1, 0.15) is 29.7 Å². The molecule has 0 aliphatic rings. The fraction of sp³-hybridized carbons (Fsp3) is 0.208. The van der Waals surface area contributed by atoms with Crippen LogP contribution >= 0.6 is 0 Å². The second kappa shape index (κ2) is 9.13. The molecule has 0 saturated heterocycles. The Balaban J connectivity index is 1.65. The Morgan fingerprint density at radius 1 is 0.933 bits per heavy atom. The molecule has 3 aromatic carbocycles. The lowest BCUT2D eigenvalue weighted by molar-refractivity contribution is -0.121. The first-order valence-electron chi connectivity index (χ1n) is 9.76. The van der Waals surface area contributed by atoms with Gasteiger partial charge in [0.25, 0.3) is 10.0 Å². The van der Waals surface area contributed by atoms with Crippen molar-refractivity contribution in [3.63, 3.8) is 0 Å². The van der Waals surface area contributed by atoms with Crippen molar-refractivity contribution in [1.29, 1.82) is 0 Å². The van der Waals surface area contributed by atoms with Crippen LogP contribution in [-0.4, -0.2) is 21.4 Å². The molecule has 1 amide bonds. The molecule has 1 unspecified atom stereocenters. The molecule has 3 rings (SSSR count). The lowest BCUT2D eigenvalue weighted by atomic mass is 10.1. The molecule has 156 valence electrons. The molecule has 0 spiro atoms. The Morgan fingerprint density at radius 2 is 1.53 bits per heavy atom. The Hall–Kier alpha value is -3.12. The fourth-order valence-electron chi connectivity index (χ4n) is 3.13. The standard InChI is InChI=1S/C24H26N2O3S/c1-18-9-15-23(16-10-18)30(28,29)26(3)22-13-11-20(12-14-22)17-24(27)25-19(2)21-7-5-4-6-8-21/h4-16,19H,17H2,1-3H3,(H,25,27). The lowest BCUT2D eigenvalue weighted by Gasteiger charge is -2.20. The summed E-state index contributed by atoms with van der Waals surface area (Å²) in [5.74, 6) is -0.0836. The van der Waals surface area contributed by atoms with Crippen LogP contribution in [0, 0.1) is 6.92 Å². The number of hydrogen-bond acceptors (Lipinski definition) is 3. The van der Waals surface area contributed by atoms with Crippen LogP contribution in [0.3, 0.4) is 0 Å². The number of hydrogen-bond donors (Lipinski definition) is 1. The van der Waals surface area contributed by atoms with E-state index in [1.54, 1.807) is 48.5 Å². The maximum Gasteiger partial charge on any atom is 0.264 e. The third-order valence-corrected chi connectivity index (χ3v) is 6.82. The summed E-state index contributed by atoms with van der Waals surface area (Å²) in [5.41, 5.74) is 3.40. The molecule has 0 fully saturated rings. The topological polar surface area (TPSA) is 66.5 Å². The van der Waals surface area contributed by atoms with Crippen molar-refractivity contribution in [2.24, 2.45) is 0 Å². The van der Waals surface area contributed by atoms with E-state index in [9.17, 15) is 13.2 Å². The lowest BCUT2D eigenvalue weighted by Crippen LogP contribution is -2.28. The van der Waals surface area contributed by atoms with Gasteiger partial charge in [-0.1, -0.05) is 60.2 Å². The Kier molecular flexibility index (Phi) is 6.57. The highest BCUT2D eigenvalue weighted by Gasteiger charge is 2.21. The van der Waals surface area contributed by atoms with Gasteiger partial charge in [0.05, 0.1) is 23.0 Å². The molecule has 0 aliphatic heterocycles. The maximum atomic E-state index is 12.8. The third-order valence-electron chi connectivity index (χ3n) is 5.02. The molecule has 0 aliphatic carbocycles. The number of sulfonamides is 1. The van der Waals surface area contributed by atoms with Gasteiger partial charge in [-0.15, -0.1) is 0 Å². The van der Waals surface area contributed by atoms with E-state index in [4.69, 9.17) is 0 Å². The van der Waals surface area contributed by atoms with Crippen molar-refractivity contribution in [1.82, 2.24) is 5.32 Å². The van der Waals surface area contributed by atoms with Crippen LogP contribution in [0.2, 0.25) is 0 Å².